The molecule has 0 unspecified atom stereocenters. The van der Waals surface area contributed by atoms with Crippen molar-refractivity contribution in [2.75, 3.05) is 78.8 Å². The second-order valence-corrected chi connectivity index (χ2v) is 8.78. The molecule has 0 amide bonds. The van der Waals surface area contributed by atoms with Gasteiger partial charge in [-0.3, -0.25) is 14.8 Å². The molecule has 180 valence electrons. The number of hydrogen-bond acceptors (Lipinski definition) is 5. The molecule has 0 aliphatic carbocycles. The van der Waals surface area contributed by atoms with Crippen molar-refractivity contribution in [1.29, 1.82) is 0 Å². The Kier molecular flexibility index (Phi) is 11.9. The molecule has 0 radical (unpaired) electrons. The van der Waals surface area contributed by atoms with Crippen LogP contribution in [0.2, 0.25) is 0 Å². The Bertz CT molecular complexity index is 628. The van der Waals surface area contributed by atoms with Gasteiger partial charge in [0.25, 0.3) is 0 Å². The topological polar surface area (TPSA) is 61.4 Å². The Morgan fingerprint density at radius 2 is 1.81 bits per heavy atom. The van der Waals surface area contributed by atoms with Crippen LogP contribution in [0.15, 0.2) is 35.3 Å². The van der Waals surface area contributed by atoms with Gasteiger partial charge >= 0.3 is 0 Å². The Hall–Kier alpha value is -1.67. The number of benzene rings is 1. The van der Waals surface area contributed by atoms with Gasteiger partial charge in [0.15, 0.2) is 5.96 Å². The molecular formula is C25H43N5O2. The van der Waals surface area contributed by atoms with Gasteiger partial charge in [-0.05, 0) is 37.7 Å². The highest BCUT2D eigenvalue weighted by Crippen LogP contribution is 2.14. The molecule has 32 heavy (non-hydrogen) atoms. The molecule has 2 heterocycles. The van der Waals surface area contributed by atoms with E-state index in [1.807, 2.05) is 0 Å². The number of ether oxygens (including phenoxy) is 2. The van der Waals surface area contributed by atoms with Gasteiger partial charge in [0.1, 0.15) is 0 Å². The monoisotopic (exact) mass is 445 g/mol. The molecule has 2 saturated heterocycles. The van der Waals surface area contributed by atoms with Gasteiger partial charge in [-0.2, -0.15) is 0 Å². The van der Waals surface area contributed by atoms with Crippen LogP contribution in [0.25, 0.3) is 0 Å². The van der Waals surface area contributed by atoms with Gasteiger partial charge < -0.3 is 20.1 Å². The van der Waals surface area contributed by atoms with Gasteiger partial charge in [-0.15, -0.1) is 0 Å². The number of nitrogens with one attached hydrogen (secondary N) is 2. The Morgan fingerprint density at radius 1 is 1.06 bits per heavy atom. The predicted octanol–water partition coefficient (Wildman–Crippen LogP) is 2.19. The second-order valence-electron chi connectivity index (χ2n) is 8.78. The van der Waals surface area contributed by atoms with E-state index in [2.05, 4.69) is 57.7 Å². The molecule has 2 N–H and O–H groups in total. The summed E-state index contributed by atoms with van der Waals surface area (Å²) in [5.41, 5.74) is 1.41. The maximum atomic E-state index is 5.85. The Balaban J connectivity index is 1.24. The third-order valence-corrected chi connectivity index (χ3v) is 6.19. The van der Waals surface area contributed by atoms with Crippen molar-refractivity contribution >= 4 is 5.96 Å². The minimum Gasteiger partial charge on any atom is -0.381 e. The van der Waals surface area contributed by atoms with Crippen molar-refractivity contribution in [3.05, 3.63) is 35.9 Å². The number of aliphatic imine (C=N–C) groups is 1. The van der Waals surface area contributed by atoms with E-state index >= 15 is 0 Å². The molecule has 0 aromatic heterocycles. The van der Waals surface area contributed by atoms with Crippen molar-refractivity contribution in [1.82, 2.24) is 20.4 Å². The largest absolute Gasteiger partial charge is 0.381 e. The molecule has 7 heteroatoms. The lowest BCUT2D eigenvalue weighted by molar-refractivity contribution is 0.0205. The van der Waals surface area contributed by atoms with E-state index in [4.69, 9.17) is 14.5 Å². The lowest BCUT2D eigenvalue weighted by atomic mass is 10.0. The molecule has 0 bridgehead atoms. The van der Waals surface area contributed by atoms with Crippen molar-refractivity contribution in [2.45, 2.75) is 32.7 Å². The highest BCUT2D eigenvalue weighted by Gasteiger charge is 2.16. The van der Waals surface area contributed by atoms with Crippen LogP contribution in [0.4, 0.5) is 0 Å². The molecule has 0 saturated carbocycles. The first-order valence-corrected chi connectivity index (χ1v) is 12.5. The number of rotatable bonds is 12. The average molecular weight is 446 g/mol. The summed E-state index contributed by atoms with van der Waals surface area (Å²) in [5, 5.41) is 6.85. The zero-order valence-electron chi connectivity index (χ0n) is 19.9. The summed E-state index contributed by atoms with van der Waals surface area (Å²) in [4.78, 5) is 9.80. The van der Waals surface area contributed by atoms with Crippen LogP contribution in [-0.2, 0) is 16.0 Å². The number of piperazine rings is 1. The van der Waals surface area contributed by atoms with E-state index < -0.39 is 0 Å². The Labute approximate surface area is 194 Å². The zero-order chi connectivity index (χ0) is 22.3. The lowest BCUT2D eigenvalue weighted by Gasteiger charge is -2.34. The molecule has 0 spiro atoms. The van der Waals surface area contributed by atoms with Crippen LogP contribution in [0.1, 0.15) is 31.7 Å². The summed E-state index contributed by atoms with van der Waals surface area (Å²) in [6, 6.07) is 10.8. The van der Waals surface area contributed by atoms with Gasteiger partial charge in [0.2, 0.25) is 0 Å². The van der Waals surface area contributed by atoms with Crippen LogP contribution in [0, 0.1) is 5.92 Å². The summed E-state index contributed by atoms with van der Waals surface area (Å²) < 4.78 is 11.2. The quantitative estimate of drug-likeness (QED) is 0.292. The first-order chi connectivity index (χ1) is 15.8. The fourth-order valence-electron chi connectivity index (χ4n) is 4.21. The number of nitrogens with zero attached hydrogens (tertiary/aromatic N) is 3. The smallest absolute Gasteiger partial charge is 0.191 e. The van der Waals surface area contributed by atoms with Crippen molar-refractivity contribution in [3.8, 4) is 0 Å². The molecule has 2 fully saturated rings. The zero-order valence-corrected chi connectivity index (χ0v) is 19.9. The van der Waals surface area contributed by atoms with E-state index in [1.165, 1.54) is 5.56 Å². The summed E-state index contributed by atoms with van der Waals surface area (Å²) in [7, 11) is 0. The molecule has 7 nitrogen and oxygen atoms in total. The van der Waals surface area contributed by atoms with Crippen LogP contribution >= 0.6 is 0 Å². The average Bonchev–Trinajstić information content (AvgIpc) is 2.83. The summed E-state index contributed by atoms with van der Waals surface area (Å²) in [5.74, 6) is 1.59. The molecule has 1 aromatic rings. The van der Waals surface area contributed by atoms with Crippen molar-refractivity contribution in [3.63, 3.8) is 0 Å². The van der Waals surface area contributed by atoms with E-state index in [9.17, 15) is 0 Å². The highest BCUT2D eigenvalue weighted by molar-refractivity contribution is 5.79. The number of guanidine groups is 1. The van der Waals surface area contributed by atoms with Crippen molar-refractivity contribution in [2.24, 2.45) is 10.9 Å². The Morgan fingerprint density at radius 3 is 2.56 bits per heavy atom. The van der Waals surface area contributed by atoms with E-state index in [1.54, 1.807) is 0 Å². The third kappa shape index (κ3) is 9.86. The molecule has 2 aliphatic rings. The van der Waals surface area contributed by atoms with Gasteiger partial charge in [0, 0.05) is 85.3 Å². The molecular weight excluding hydrogens is 402 g/mol. The summed E-state index contributed by atoms with van der Waals surface area (Å²) in [6.45, 7) is 14.8. The lowest BCUT2D eigenvalue weighted by Crippen LogP contribution is -2.49. The minimum absolute atomic E-state index is 0.673. The second kappa shape index (κ2) is 15.2. The van der Waals surface area contributed by atoms with E-state index in [-0.39, 0.29) is 0 Å². The fourth-order valence-corrected chi connectivity index (χ4v) is 4.21. The molecule has 3 rings (SSSR count). The number of hydrogen-bond donors (Lipinski definition) is 2. The van der Waals surface area contributed by atoms with Gasteiger partial charge in [-0.25, -0.2) is 0 Å². The molecule has 2 aliphatic heterocycles. The third-order valence-electron chi connectivity index (χ3n) is 6.19. The maximum absolute atomic E-state index is 5.85. The highest BCUT2D eigenvalue weighted by atomic mass is 16.5. The standard InChI is InChI=1S/C25H43N5O2/c1-2-26-25(27-11-6-18-32-22-24-9-19-31-20-10-24)28-12-13-29-14-16-30(17-15-29)21-23-7-4-3-5-8-23/h3-5,7-8,24H,2,6,9-22H2,1H3,(H2,26,27,28). The SMILES string of the molecule is CCNC(=NCCCOCC1CCOCC1)NCCN1CCN(Cc2ccccc2)CC1. The van der Waals surface area contributed by atoms with Crippen LogP contribution in [-0.4, -0.2) is 94.5 Å². The first-order valence-electron chi connectivity index (χ1n) is 12.5. The maximum Gasteiger partial charge on any atom is 0.191 e. The normalized spacial score (nSPS) is 19.2. The molecule has 0 atom stereocenters. The van der Waals surface area contributed by atoms with E-state index in [0.717, 1.165) is 111 Å². The fraction of sp³-hybridized carbons (Fsp3) is 0.720. The van der Waals surface area contributed by atoms with Crippen molar-refractivity contribution < 1.29 is 9.47 Å². The minimum atomic E-state index is 0.673. The van der Waals surface area contributed by atoms with Crippen LogP contribution in [0.3, 0.4) is 0 Å². The van der Waals surface area contributed by atoms with Gasteiger partial charge in [0.05, 0.1) is 0 Å². The first kappa shape index (κ1) is 25.0. The van der Waals surface area contributed by atoms with E-state index in [0.29, 0.717) is 5.92 Å². The van der Waals surface area contributed by atoms with Crippen LogP contribution in [0.5, 0.6) is 0 Å². The van der Waals surface area contributed by atoms with Gasteiger partial charge in [-0.1, -0.05) is 30.3 Å². The summed E-state index contributed by atoms with van der Waals surface area (Å²) >= 11 is 0. The predicted molar refractivity (Wildman–Crippen MR) is 131 cm³/mol. The summed E-state index contributed by atoms with van der Waals surface area (Å²) in [6.07, 6.45) is 3.23. The molecule has 1 aromatic carbocycles. The van der Waals surface area contributed by atoms with Crippen LogP contribution < -0.4 is 10.6 Å².